The lowest BCUT2D eigenvalue weighted by Gasteiger charge is -2.08. The van der Waals surface area contributed by atoms with Gasteiger partial charge in [-0.2, -0.15) is 0 Å². The molecule has 0 unspecified atom stereocenters. The van der Waals surface area contributed by atoms with Crippen LogP contribution in [0.25, 0.3) is 0 Å². The Labute approximate surface area is 109 Å². The van der Waals surface area contributed by atoms with Gasteiger partial charge in [0.15, 0.2) is 0 Å². The van der Waals surface area contributed by atoms with Crippen molar-refractivity contribution in [1.29, 1.82) is 0 Å². The highest BCUT2D eigenvalue weighted by Gasteiger charge is 2.05. The summed E-state index contributed by atoms with van der Waals surface area (Å²) in [5, 5.41) is 11.9. The molecule has 0 aliphatic rings. The molecule has 6 nitrogen and oxygen atoms in total. The van der Waals surface area contributed by atoms with E-state index < -0.39 is 0 Å². The zero-order valence-electron chi connectivity index (χ0n) is 10.0. The SMILES string of the molecule is Nc1ccc(=O)n(CC(=O)Nc2cccc(O)c2)c1. The van der Waals surface area contributed by atoms with Crippen molar-refractivity contribution in [2.75, 3.05) is 11.1 Å². The molecule has 0 fully saturated rings. The number of phenols is 1. The van der Waals surface area contributed by atoms with Gasteiger partial charge in [-0.25, -0.2) is 0 Å². The highest BCUT2D eigenvalue weighted by atomic mass is 16.3. The second kappa shape index (κ2) is 5.26. The molecule has 1 amide bonds. The van der Waals surface area contributed by atoms with Crippen molar-refractivity contribution in [3.63, 3.8) is 0 Å². The Morgan fingerprint density at radius 1 is 1.32 bits per heavy atom. The Hall–Kier alpha value is -2.76. The Morgan fingerprint density at radius 2 is 2.11 bits per heavy atom. The van der Waals surface area contributed by atoms with E-state index in [0.29, 0.717) is 11.4 Å². The Morgan fingerprint density at radius 3 is 2.84 bits per heavy atom. The minimum atomic E-state index is -0.377. The molecule has 0 bridgehead atoms. The third-order valence-electron chi connectivity index (χ3n) is 2.45. The maximum absolute atomic E-state index is 11.8. The van der Waals surface area contributed by atoms with Crippen LogP contribution in [-0.4, -0.2) is 15.6 Å². The first-order valence-corrected chi connectivity index (χ1v) is 5.59. The number of carbonyl (C=O) groups excluding carboxylic acids is 1. The summed E-state index contributed by atoms with van der Waals surface area (Å²) in [6.07, 6.45) is 1.41. The summed E-state index contributed by atoms with van der Waals surface area (Å²) >= 11 is 0. The summed E-state index contributed by atoms with van der Waals surface area (Å²) in [6.45, 7) is -0.139. The summed E-state index contributed by atoms with van der Waals surface area (Å²) in [6, 6.07) is 8.94. The zero-order chi connectivity index (χ0) is 13.8. The molecule has 0 spiro atoms. The predicted octanol–water partition coefficient (Wildman–Crippen LogP) is 0.775. The molecule has 0 atom stereocenters. The second-order valence-electron chi connectivity index (χ2n) is 4.03. The lowest BCUT2D eigenvalue weighted by molar-refractivity contribution is -0.116. The van der Waals surface area contributed by atoms with Crippen molar-refractivity contribution >= 4 is 17.3 Å². The number of nitrogens with two attached hydrogens (primary N) is 1. The lowest BCUT2D eigenvalue weighted by atomic mass is 10.3. The van der Waals surface area contributed by atoms with Crippen molar-refractivity contribution in [2.24, 2.45) is 0 Å². The van der Waals surface area contributed by atoms with Crippen LogP contribution in [0.5, 0.6) is 5.75 Å². The van der Waals surface area contributed by atoms with Crippen LogP contribution in [-0.2, 0) is 11.3 Å². The van der Waals surface area contributed by atoms with E-state index >= 15 is 0 Å². The van der Waals surface area contributed by atoms with Crippen molar-refractivity contribution in [1.82, 2.24) is 4.57 Å². The van der Waals surface area contributed by atoms with E-state index in [0.717, 1.165) is 0 Å². The maximum atomic E-state index is 11.8. The topological polar surface area (TPSA) is 97.4 Å². The number of benzene rings is 1. The number of hydrogen-bond donors (Lipinski definition) is 3. The van der Waals surface area contributed by atoms with E-state index in [2.05, 4.69) is 5.32 Å². The van der Waals surface area contributed by atoms with Gasteiger partial charge in [-0.15, -0.1) is 0 Å². The molecule has 19 heavy (non-hydrogen) atoms. The van der Waals surface area contributed by atoms with Crippen LogP contribution in [0.3, 0.4) is 0 Å². The molecule has 4 N–H and O–H groups in total. The Kier molecular flexibility index (Phi) is 3.51. The van der Waals surface area contributed by atoms with E-state index in [1.165, 1.54) is 35.0 Å². The van der Waals surface area contributed by atoms with Crippen molar-refractivity contribution < 1.29 is 9.90 Å². The van der Waals surface area contributed by atoms with Gasteiger partial charge in [-0.3, -0.25) is 9.59 Å². The molecular formula is C13H13N3O3. The maximum Gasteiger partial charge on any atom is 0.251 e. The van der Waals surface area contributed by atoms with Gasteiger partial charge < -0.3 is 20.7 Å². The monoisotopic (exact) mass is 259 g/mol. The number of anilines is 2. The van der Waals surface area contributed by atoms with Crippen LogP contribution in [0.2, 0.25) is 0 Å². The molecule has 0 aliphatic heterocycles. The number of amides is 1. The molecule has 1 heterocycles. The molecule has 2 rings (SSSR count). The minimum Gasteiger partial charge on any atom is -0.508 e. The van der Waals surface area contributed by atoms with Crippen molar-refractivity contribution in [2.45, 2.75) is 6.54 Å². The van der Waals surface area contributed by atoms with Crippen LogP contribution in [0.15, 0.2) is 47.4 Å². The first-order valence-electron chi connectivity index (χ1n) is 5.59. The normalized spacial score (nSPS) is 10.1. The number of nitrogen functional groups attached to an aromatic ring is 1. The van der Waals surface area contributed by atoms with Gasteiger partial charge >= 0.3 is 0 Å². The van der Waals surface area contributed by atoms with Gasteiger partial charge in [0.1, 0.15) is 12.3 Å². The van der Waals surface area contributed by atoms with E-state index in [4.69, 9.17) is 5.73 Å². The van der Waals surface area contributed by atoms with Crippen LogP contribution in [0.4, 0.5) is 11.4 Å². The number of aromatic nitrogens is 1. The van der Waals surface area contributed by atoms with Crippen LogP contribution in [0, 0.1) is 0 Å². The summed E-state index contributed by atoms with van der Waals surface area (Å²) in [5.74, 6) is -0.322. The zero-order valence-corrected chi connectivity index (χ0v) is 10.0. The number of pyridine rings is 1. The van der Waals surface area contributed by atoms with Gasteiger partial charge in [-0.05, 0) is 18.2 Å². The number of nitrogens with one attached hydrogen (secondary N) is 1. The average molecular weight is 259 g/mol. The molecule has 0 saturated carbocycles. The first-order chi connectivity index (χ1) is 9.04. The second-order valence-corrected chi connectivity index (χ2v) is 4.03. The minimum absolute atomic E-state index is 0.0546. The number of aromatic hydroxyl groups is 1. The standard InChI is InChI=1S/C13H13N3O3/c14-9-4-5-13(19)16(7-9)8-12(18)15-10-2-1-3-11(17)6-10/h1-7,17H,8,14H2,(H,15,18). The number of nitrogens with zero attached hydrogens (tertiary/aromatic N) is 1. The van der Waals surface area contributed by atoms with E-state index in [9.17, 15) is 14.7 Å². The quantitative estimate of drug-likeness (QED) is 0.758. The molecule has 0 radical (unpaired) electrons. The fourth-order valence-corrected chi connectivity index (χ4v) is 1.61. The molecule has 2 aromatic rings. The molecule has 6 heteroatoms. The molecule has 0 aliphatic carbocycles. The number of rotatable bonds is 3. The van der Waals surface area contributed by atoms with Gasteiger partial charge in [0.25, 0.3) is 5.56 Å². The Bertz CT molecular complexity index is 664. The fraction of sp³-hybridized carbons (Fsp3) is 0.0769. The Balaban J connectivity index is 2.09. The molecular weight excluding hydrogens is 246 g/mol. The van der Waals surface area contributed by atoms with Crippen molar-refractivity contribution in [3.8, 4) is 5.75 Å². The summed E-state index contributed by atoms with van der Waals surface area (Å²) < 4.78 is 1.22. The smallest absolute Gasteiger partial charge is 0.251 e. The van der Waals surface area contributed by atoms with Crippen molar-refractivity contribution in [3.05, 3.63) is 52.9 Å². The average Bonchev–Trinajstić information content (AvgIpc) is 2.34. The van der Waals surface area contributed by atoms with Crippen LogP contribution in [0.1, 0.15) is 0 Å². The highest BCUT2D eigenvalue weighted by Crippen LogP contribution is 2.15. The van der Waals surface area contributed by atoms with E-state index in [1.54, 1.807) is 12.1 Å². The fourth-order valence-electron chi connectivity index (χ4n) is 1.61. The first kappa shape index (κ1) is 12.7. The van der Waals surface area contributed by atoms with Gasteiger partial charge in [0, 0.05) is 29.7 Å². The molecule has 1 aromatic carbocycles. The largest absolute Gasteiger partial charge is 0.508 e. The van der Waals surface area contributed by atoms with E-state index in [-0.39, 0.29) is 23.8 Å². The predicted molar refractivity (Wildman–Crippen MR) is 71.9 cm³/mol. The summed E-state index contributed by atoms with van der Waals surface area (Å²) in [4.78, 5) is 23.3. The molecule has 0 saturated heterocycles. The third-order valence-corrected chi connectivity index (χ3v) is 2.45. The van der Waals surface area contributed by atoms with Gasteiger partial charge in [0.2, 0.25) is 5.91 Å². The summed E-state index contributed by atoms with van der Waals surface area (Å²) in [5.41, 5.74) is 6.11. The van der Waals surface area contributed by atoms with Gasteiger partial charge in [-0.1, -0.05) is 6.07 Å². The van der Waals surface area contributed by atoms with Crippen LogP contribution < -0.4 is 16.6 Å². The van der Waals surface area contributed by atoms with E-state index in [1.807, 2.05) is 0 Å². The van der Waals surface area contributed by atoms with Gasteiger partial charge in [0.05, 0.1) is 0 Å². The number of carbonyl (C=O) groups is 1. The number of hydrogen-bond acceptors (Lipinski definition) is 4. The molecule has 98 valence electrons. The molecule has 1 aromatic heterocycles. The lowest BCUT2D eigenvalue weighted by Crippen LogP contribution is -2.26. The number of phenolic OH excluding ortho intramolecular Hbond substituents is 1. The van der Waals surface area contributed by atoms with Crippen LogP contribution >= 0.6 is 0 Å². The highest BCUT2D eigenvalue weighted by molar-refractivity contribution is 5.90. The third kappa shape index (κ3) is 3.35. The summed E-state index contributed by atoms with van der Waals surface area (Å²) in [7, 11) is 0.